The molecule has 166 valence electrons. The van der Waals surface area contributed by atoms with E-state index in [1.165, 1.54) is 20.1 Å². The van der Waals surface area contributed by atoms with Crippen LogP contribution in [0.5, 0.6) is 5.75 Å². The number of hydrogen-bond donors (Lipinski definition) is 1. The van der Waals surface area contributed by atoms with Gasteiger partial charge in [-0.25, -0.2) is 4.98 Å². The van der Waals surface area contributed by atoms with Gasteiger partial charge in [-0.15, -0.1) is 0 Å². The van der Waals surface area contributed by atoms with E-state index in [2.05, 4.69) is 15.1 Å². The van der Waals surface area contributed by atoms with Crippen LogP contribution in [0.3, 0.4) is 0 Å². The number of benzene rings is 1. The number of anilines is 1. The lowest BCUT2D eigenvalue weighted by Crippen LogP contribution is -2.50. The molecule has 4 rings (SSSR count). The van der Waals surface area contributed by atoms with Gasteiger partial charge in [-0.1, -0.05) is 18.2 Å². The molecular formula is C21H21FN6O4. The topological polar surface area (TPSA) is 113 Å². The van der Waals surface area contributed by atoms with E-state index in [1.54, 1.807) is 34.1 Å². The number of para-hydroxylation sites is 1. The van der Waals surface area contributed by atoms with Crippen molar-refractivity contribution in [3.8, 4) is 11.4 Å². The predicted molar refractivity (Wildman–Crippen MR) is 114 cm³/mol. The number of aromatic amines is 1. The maximum Gasteiger partial charge on any atom is 0.288 e. The van der Waals surface area contributed by atoms with E-state index >= 15 is 0 Å². The molecule has 0 aliphatic carbocycles. The normalized spacial score (nSPS) is 13.8. The number of nitrogens with one attached hydrogen (secondary N) is 1. The Bertz CT molecular complexity index is 1270. The molecule has 0 atom stereocenters. The van der Waals surface area contributed by atoms with E-state index in [4.69, 9.17) is 4.74 Å². The molecule has 0 spiro atoms. The molecular weight excluding hydrogens is 419 g/mol. The number of methoxy groups -OCH3 is 1. The van der Waals surface area contributed by atoms with Gasteiger partial charge >= 0.3 is 0 Å². The summed E-state index contributed by atoms with van der Waals surface area (Å²) in [4.78, 5) is 47.2. The molecule has 1 saturated heterocycles. The third-order valence-corrected chi connectivity index (χ3v) is 5.20. The van der Waals surface area contributed by atoms with Gasteiger partial charge in [0.1, 0.15) is 0 Å². The molecule has 1 aromatic carbocycles. The number of carbonyl (C=O) groups is 1. The first-order valence-electron chi connectivity index (χ1n) is 9.93. The van der Waals surface area contributed by atoms with Crippen LogP contribution in [0.15, 0.2) is 46.0 Å². The van der Waals surface area contributed by atoms with Gasteiger partial charge < -0.3 is 14.5 Å². The molecule has 10 nitrogen and oxygen atoms in total. The monoisotopic (exact) mass is 440 g/mol. The molecule has 3 heterocycles. The highest BCUT2D eigenvalue weighted by molar-refractivity contribution is 5.95. The van der Waals surface area contributed by atoms with Crippen LogP contribution < -0.4 is 20.8 Å². The number of piperazine rings is 1. The number of aryl methyl sites for hydroxylation is 1. The van der Waals surface area contributed by atoms with Crippen LogP contribution in [-0.4, -0.2) is 63.8 Å². The predicted octanol–water partition coefficient (Wildman–Crippen LogP) is 0.734. The Morgan fingerprint density at radius 2 is 1.81 bits per heavy atom. The van der Waals surface area contributed by atoms with E-state index in [0.29, 0.717) is 31.9 Å². The summed E-state index contributed by atoms with van der Waals surface area (Å²) in [7, 11) is 1.37. The van der Waals surface area contributed by atoms with Crippen LogP contribution in [0.1, 0.15) is 16.2 Å². The minimum Gasteiger partial charge on any atom is -0.494 e. The fraction of sp³-hybridized carbons (Fsp3) is 0.286. The van der Waals surface area contributed by atoms with E-state index in [-0.39, 0.29) is 29.0 Å². The van der Waals surface area contributed by atoms with Gasteiger partial charge in [-0.3, -0.25) is 19.4 Å². The molecule has 1 aliphatic heterocycles. The maximum atomic E-state index is 13.6. The van der Waals surface area contributed by atoms with Crippen molar-refractivity contribution < 1.29 is 13.9 Å². The SMILES string of the molecule is COc1cc(=O)n(-c2ccccc2)nc1C(=O)N1CCN(c2nc(C)c(F)c(=O)[nH]2)CC1. The molecule has 1 aliphatic rings. The molecule has 0 radical (unpaired) electrons. The number of H-pyrrole nitrogens is 1. The Labute approximate surface area is 181 Å². The van der Waals surface area contributed by atoms with Crippen molar-refractivity contribution in [3.63, 3.8) is 0 Å². The second-order valence-corrected chi connectivity index (χ2v) is 7.22. The Kier molecular flexibility index (Phi) is 5.71. The lowest BCUT2D eigenvalue weighted by atomic mass is 10.2. The van der Waals surface area contributed by atoms with Gasteiger partial charge in [0.15, 0.2) is 11.4 Å². The molecule has 0 bridgehead atoms. The zero-order valence-corrected chi connectivity index (χ0v) is 17.5. The molecule has 1 fully saturated rings. The summed E-state index contributed by atoms with van der Waals surface area (Å²) in [6.07, 6.45) is 0. The molecule has 0 saturated carbocycles. The highest BCUT2D eigenvalue weighted by atomic mass is 19.1. The molecule has 1 N–H and O–H groups in total. The Morgan fingerprint density at radius 1 is 1.12 bits per heavy atom. The summed E-state index contributed by atoms with van der Waals surface area (Å²) >= 11 is 0. The summed E-state index contributed by atoms with van der Waals surface area (Å²) in [5.74, 6) is -0.943. The zero-order valence-electron chi connectivity index (χ0n) is 17.5. The van der Waals surface area contributed by atoms with Gasteiger partial charge in [0.2, 0.25) is 11.8 Å². The lowest BCUT2D eigenvalue weighted by molar-refractivity contribution is 0.0734. The number of aromatic nitrogens is 4. The van der Waals surface area contributed by atoms with Crippen molar-refractivity contribution in [1.29, 1.82) is 0 Å². The Balaban J connectivity index is 1.57. The minimum atomic E-state index is -0.908. The van der Waals surface area contributed by atoms with Crippen LogP contribution in [0.25, 0.3) is 5.69 Å². The van der Waals surface area contributed by atoms with Gasteiger partial charge in [0.25, 0.3) is 17.0 Å². The van der Waals surface area contributed by atoms with Crippen molar-refractivity contribution >= 4 is 11.9 Å². The van der Waals surface area contributed by atoms with Gasteiger partial charge in [0.05, 0.1) is 24.6 Å². The first-order chi connectivity index (χ1) is 15.4. The molecule has 1 amide bonds. The second kappa shape index (κ2) is 8.61. The Morgan fingerprint density at radius 3 is 2.44 bits per heavy atom. The number of carbonyl (C=O) groups excluding carboxylic acids is 1. The van der Waals surface area contributed by atoms with Crippen LogP contribution in [-0.2, 0) is 0 Å². The second-order valence-electron chi connectivity index (χ2n) is 7.22. The number of ether oxygens (including phenoxy) is 1. The summed E-state index contributed by atoms with van der Waals surface area (Å²) in [6.45, 7) is 2.80. The molecule has 32 heavy (non-hydrogen) atoms. The van der Waals surface area contributed by atoms with Gasteiger partial charge in [0, 0.05) is 26.2 Å². The van der Waals surface area contributed by atoms with Gasteiger partial charge in [-0.2, -0.15) is 14.2 Å². The highest BCUT2D eigenvalue weighted by Gasteiger charge is 2.28. The highest BCUT2D eigenvalue weighted by Crippen LogP contribution is 2.19. The standard InChI is InChI=1S/C21H21FN6O4/c1-13-17(22)19(30)24-21(23-13)27-10-8-26(9-11-27)20(31)18-15(32-2)12-16(29)28(25-18)14-6-4-3-5-7-14/h3-7,12H,8-11H2,1-2H3,(H,23,24,30). The van der Waals surface area contributed by atoms with Crippen molar-refractivity contribution in [1.82, 2.24) is 24.6 Å². The number of hydrogen-bond acceptors (Lipinski definition) is 7. The van der Waals surface area contributed by atoms with Crippen molar-refractivity contribution in [2.75, 3.05) is 38.2 Å². The summed E-state index contributed by atoms with van der Waals surface area (Å²) < 4.78 is 20.0. The van der Waals surface area contributed by atoms with Crippen LogP contribution in [0, 0.1) is 12.7 Å². The molecule has 11 heteroatoms. The van der Waals surface area contributed by atoms with E-state index in [0.717, 1.165) is 4.68 Å². The van der Waals surface area contributed by atoms with E-state index in [1.807, 2.05) is 6.07 Å². The molecule has 0 unspecified atom stereocenters. The third-order valence-electron chi connectivity index (χ3n) is 5.20. The fourth-order valence-electron chi connectivity index (χ4n) is 3.48. The first kappa shape index (κ1) is 21.2. The van der Waals surface area contributed by atoms with Crippen molar-refractivity contribution in [2.24, 2.45) is 0 Å². The minimum absolute atomic E-state index is 0.0133. The average Bonchev–Trinajstić information content (AvgIpc) is 2.82. The number of halogens is 1. The lowest BCUT2D eigenvalue weighted by Gasteiger charge is -2.35. The quantitative estimate of drug-likeness (QED) is 0.636. The largest absolute Gasteiger partial charge is 0.494 e. The maximum absolute atomic E-state index is 13.6. The van der Waals surface area contributed by atoms with Crippen LogP contribution in [0.2, 0.25) is 0 Å². The smallest absolute Gasteiger partial charge is 0.288 e. The zero-order chi connectivity index (χ0) is 22.8. The van der Waals surface area contributed by atoms with Crippen molar-refractivity contribution in [2.45, 2.75) is 6.92 Å². The van der Waals surface area contributed by atoms with Crippen LogP contribution >= 0.6 is 0 Å². The van der Waals surface area contributed by atoms with Crippen LogP contribution in [0.4, 0.5) is 10.3 Å². The van der Waals surface area contributed by atoms with Crippen molar-refractivity contribution in [3.05, 3.63) is 74.3 Å². The first-order valence-corrected chi connectivity index (χ1v) is 9.93. The summed E-state index contributed by atoms with van der Waals surface area (Å²) in [6, 6.07) is 10.0. The number of rotatable bonds is 4. The number of amides is 1. The van der Waals surface area contributed by atoms with E-state index in [9.17, 15) is 18.8 Å². The summed E-state index contributed by atoms with van der Waals surface area (Å²) in [5, 5.41) is 4.27. The number of nitrogens with zero attached hydrogens (tertiary/aromatic N) is 5. The Hall–Kier alpha value is -4.02. The van der Waals surface area contributed by atoms with Gasteiger partial charge in [-0.05, 0) is 19.1 Å². The third kappa shape index (κ3) is 3.96. The fourth-order valence-corrected chi connectivity index (χ4v) is 3.48. The average molecular weight is 440 g/mol. The van der Waals surface area contributed by atoms with E-state index < -0.39 is 16.9 Å². The summed E-state index contributed by atoms with van der Waals surface area (Å²) in [5.41, 5.74) is -0.687. The molecule has 2 aromatic heterocycles. The molecule has 3 aromatic rings.